The fraction of sp³-hybridized carbons (Fsp3) is 0.192. The summed E-state index contributed by atoms with van der Waals surface area (Å²) in [7, 11) is 0. The predicted octanol–water partition coefficient (Wildman–Crippen LogP) is 6.12. The molecule has 3 heteroatoms. The lowest BCUT2D eigenvalue weighted by Crippen LogP contribution is -2.01. The number of benzene rings is 3. The summed E-state index contributed by atoms with van der Waals surface area (Å²) in [5.74, 6) is 1.53. The third kappa shape index (κ3) is 3.81. The van der Waals surface area contributed by atoms with Crippen LogP contribution in [0.5, 0.6) is 11.5 Å². The number of Topliss-reactive ketones (excluding diaryl/α,β-unsaturated/α-hetero) is 1. The fourth-order valence-corrected chi connectivity index (χ4v) is 3.57. The molecule has 1 aliphatic heterocycles. The molecule has 0 amide bonds. The molecule has 1 aliphatic rings. The van der Waals surface area contributed by atoms with E-state index >= 15 is 0 Å². The Morgan fingerprint density at radius 3 is 2.48 bits per heavy atom. The SMILES string of the molecule is Cc1ccc(C)c(COc2cc(C)c3c(c2)O/C(=C\c2ccccc2C)C3=O)c1. The quantitative estimate of drug-likeness (QED) is 0.509. The number of hydrogen-bond acceptors (Lipinski definition) is 3. The average Bonchev–Trinajstić information content (AvgIpc) is 3.00. The van der Waals surface area contributed by atoms with E-state index in [2.05, 4.69) is 32.0 Å². The summed E-state index contributed by atoms with van der Waals surface area (Å²) in [6.07, 6.45) is 1.81. The Bertz CT molecular complexity index is 1140. The number of rotatable bonds is 4. The molecule has 0 unspecified atom stereocenters. The van der Waals surface area contributed by atoms with Crippen LogP contribution in [0.1, 0.15) is 43.7 Å². The van der Waals surface area contributed by atoms with Crippen molar-refractivity contribution in [2.75, 3.05) is 0 Å². The Hall–Kier alpha value is -3.33. The van der Waals surface area contributed by atoms with Crippen LogP contribution in [0.25, 0.3) is 6.08 Å². The zero-order chi connectivity index (χ0) is 20.5. The van der Waals surface area contributed by atoms with Crippen molar-refractivity contribution >= 4 is 11.9 Å². The summed E-state index contributed by atoms with van der Waals surface area (Å²) in [5.41, 5.74) is 7.11. The zero-order valence-electron chi connectivity index (χ0n) is 17.2. The number of fused-ring (bicyclic) bond motifs is 1. The van der Waals surface area contributed by atoms with Crippen molar-refractivity contribution < 1.29 is 14.3 Å². The molecule has 0 saturated heterocycles. The van der Waals surface area contributed by atoms with Gasteiger partial charge in [-0.15, -0.1) is 0 Å². The Labute approximate surface area is 171 Å². The summed E-state index contributed by atoms with van der Waals surface area (Å²) in [6.45, 7) is 8.57. The predicted molar refractivity (Wildman–Crippen MR) is 116 cm³/mol. The number of ether oxygens (including phenoxy) is 2. The number of allylic oxidation sites excluding steroid dienone is 1. The number of carbonyl (C=O) groups excluding carboxylic acids is 1. The lowest BCUT2D eigenvalue weighted by atomic mass is 10.0. The molecule has 3 aromatic carbocycles. The molecular formula is C26H24O3. The Balaban J connectivity index is 1.59. The highest BCUT2D eigenvalue weighted by molar-refractivity contribution is 6.15. The van der Waals surface area contributed by atoms with Crippen LogP contribution in [0.15, 0.2) is 60.4 Å². The molecule has 0 N–H and O–H groups in total. The van der Waals surface area contributed by atoms with Gasteiger partial charge in [-0.2, -0.15) is 0 Å². The van der Waals surface area contributed by atoms with Gasteiger partial charge in [0.15, 0.2) is 5.76 Å². The van der Waals surface area contributed by atoms with Gasteiger partial charge in [-0.25, -0.2) is 0 Å². The molecule has 0 aromatic heterocycles. The maximum Gasteiger partial charge on any atom is 0.232 e. The fourth-order valence-electron chi connectivity index (χ4n) is 3.57. The van der Waals surface area contributed by atoms with Crippen LogP contribution >= 0.6 is 0 Å². The molecule has 0 saturated carbocycles. The van der Waals surface area contributed by atoms with Gasteiger partial charge in [0.25, 0.3) is 0 Å². The molecule has 0 radical (unpaired) electrons. The Morgan fingerprint density at radius 1 is 0.897 bits per heavy atom. The van der Waals surface area contributed by atoms with E-state index < -0.39 is 0 Å². The first kappa shape index (κ1) is 19.0. The van der Waals surface area contributed by atoms with E-state index in [4.69, 9.17) is 9.47 Å². The second-order valence-electron chi connectivity index (χ2n) is 7.63. The molecule has 3 nitrogen and oxygen atoms in total. The number of hydrogen-bond donors (Lipinski definition) is 0. The number of aryl methyl sites for hydroxylation is 4. The van der Waals surface area contributed by atoms with Gasteiger partial charge in [-0.3, -0.25) is 4.79 Å². The van der Waals surface area contributed by atoms with Crippen LogP contribution in [0.4, 0.5) is 0 Å². The summed E-state index contributed by atoms with van der Waals surface area (Å²) < 4.78 is 12.0. The normalized spacial score (nSPS) is 14.1. The minimum absolute atomic E-state index is 0.0816. The number of ketones is 1. The molecule has 0 aliphatic carbocycles. The average molecular weight is 384 g/mol. The molecule has 1 heterocycles. The van der Waals surface area contributed by atoms with Crippen molar-refractivity contribution in [3.05, 3.63) is 99.3 Å². The molecule has 0 fully saturated rings. The van der Waals surface area contributed by atoms with E-state index in [1.807, 2.05) is 56.3 Å². The first-order valence-electron chi connectivity index (χ1n) is 9.76. The second-order valence-corrected chi connectivity index (χ2v) is 7.63. The molecule has 0 atom stereocenters. The van der Waals surface area contributed by atoms with Gasteiger partial charge in [0.2, 0.25) is 5.78 Å². The van der Waals surface area contributed by atoms with Crippen molar-refractivity contribution in [2.45, 2.75) is 34.3 Å². The van der Waals surface area contributed by atoms with Gasteiger partial charge in [0, 0.05) is 6.07 Å². The van der Waals surface area contributed by atoms with Crippen LogP contribution < -0.4 is 9.47 Å². The molecular weight excluding hydrogens is 360 g/mol. The lowest BCUT2D eigenvalue weighted by Gasteiger charge is -2.11. The van der Waals surface area contributed by atoms with Crippen LogP contribution in [0, 0.1) is 27.7 Å². The van der Waals surface area contributed by atoms with Gasteiger partial charge in [0.05, 0.1) is 5.56 Å². The van der Waals surface area contributed by atoms with Crippen molar-refractivity contribution in [3.8, 4) is 11.5 Å². The molecule has 0 spiro atoms. The first-order valence-corrected chi connectivity index (χ1v) is 9.76. The highest BCUT2D eigenvalue weighted by Gasteiger charge is 2.30. The summed E-state index contributed by atoms with van der Waals surface area (Å²) in [4.78, 5) is 12.9. The Morgan fingerprint density at radius 2 is 1.69 bits per heavy atom. The summed E-state index contributed by atoms with van der Waals surface area (Å²) >= 11 is 0. The van der Waals surface area contributed by atoms with Gasteiger partial charge in [-0.05, 0) is 67.7 Å². The van der Waals surface area contributed by atoms with Gasteiger partial charge >= 0.3 is 0 Å². The van der Waals surface area contributed by atoms with Crippen molar-refractivity contribution in [1.29, 1.82) is 0 Å². The van der Waals surface area contributed by atoms with Crippen LogP contribution in [-0.2, 0) is 6.61 Å². The van der Waals surface area contributed by atoms with Crippen molar-refractivity contribution in [1.82, 2.24) is 0 Å². The second kappa shape index (κ2) is 7.59. The first-order chi connectivity index (χ1) is 13.9. The largest absolute Gasteiger partial charge is 0.489 e. The molecule has 3 aromatic rings. The molecule has 146 valence electrons. The lowest BCUT2D eigenvalue weighted by molar-refractivity contribution is 0.101. The van der Waals surface area contributed by atoms with E-state index in [1.165, 1.54) is 11.1 Å². The van der Waals surface area contributed by atoms with Gasteiger partial charge < -0.3 is 9.47 Å². The maximum atomic E-state index is 12.9. The van der Waals surface area contributed by atoms with E-state index in [1.54, 1.807) is 0 Å². The minimum atomic E-state index is -0.0816. The van der Waals surface area contributed by atoms with Crippen LogP contribution in [0.2, 0.25) is 0 Å². The third-order valence-electron chi connectivity index (χ3n) is 5.32. The highest BCUT2D eigenvalue weighted by atomic mass is 16.5. The molecule has 0 bridgehead atoms. The summed E-state index contributed by atoms with van der Waals surface area (Å²) in [6, 6.07) is 18.0. The molecule has 29 heavy (non-hydrogen) atoms. The third-order valence-corrected chi connectivity index (χ3v) is 5.32. The topological polar surface area (TPSA) is 35.5 Å². The monoisotopic (exact) mass is 384 g/mol. The van der Waals surface area contributed by atoms with Gasteiger partial charge in [-0.1, -0.05) is 48.0 Å². The van der Waals surface area contributed by atoms with Crippen molar-refractivity contribution in [3.63, 3.8) is 0 Å². The smallest absolute Gasteiger partial charge is 0.232 e. The van der Waals surface area contributed by atoms with Crippen LogP contribution in [0.3, 0.4) is 0 Å². The Kier molecular flexibility index (Phi) is 4.98. The van der Waals surface area contributed by atoms with E-state index in [0.29, 0.717) is 29.4 Å². The maximum absolute atomic E-state index is 12.9. The zero-order valence-corrected chi connectivity index (χ0v) is 17.2. The van der Waals surface area contributed by atoms with Crippen molar-refractivity contribution in [2.24, 2.45) is 0 Å². The van der Waals surface area contributed by atoms with E-state index in [-0.39, 0.29) is 5.78 Å². The molecule has 4 rings (SSSR count). The highest BCUT2D eigenvalue weighted by Crippen LogP contribution is 2.38. The van der Waals surface area contributed by atoms with Crippen LogP contribution in [-0.4, -0.2) is 5.78 Å². The standard InChI is InChI=1S/C26H24O3/c1-16-9-10-18(3)21(11-16)15-28-22-12-19(4)25-23(14-22)29-24(26(25)27)13-20-8-6-5-7-17(20)2/h5-14H,15H2,1-4H3/b24-13-. The van der Waals surface area contributed by atoms with Gasteiger partial charge in [0.1, 0.15) is 18.1 Å². The van der Waals surface area contributed by atoms with E-state index in [9.17, 15) is 4.79 Å². The number of carbonyl (C=O) groups is 1. The summed E-state index contributed by atoms with van der Waals surface area (Å²) in [5, 5.41) is 0. The van der Waals surface area contributed by atoms with E-state index in [0.717, 1.165) is 22.3 Å². The minimum Gasteiger partial charge on any atom is -0.489 e.